The zero-order chi connectivity index (χ0) is 24.8. The standard InChI is InChI=1S/C22H21Cl2F3N2O4/c1-12(2)18(20(31)22(25,26)27)29-21(32)19(13-6-4-3-5-7-13)28-17(30)11-33-16-9-14(23)8-15(24)10-16/h3-10,12,18-19H,11H2,1-2H3,(H,28,30)(H,29,32)/t18-,19?/m0/s1. The molecule has 0 fully saturated rings. The highest BCUT2D eigenvalue weighted by molar-refractivity contribution is 6.34. The fraction of sp³-hybridized carbons (Fsp3) is 0.318. The van der Waals surface area contributed by atoms with Gasteiger partial charge >= 0.3 is 6.18 Å². The van der Waals surface area contributed by atoms with Gasteiger partial charge in [-0.25, -0.2) is 0 Å². The van der Waals surface area contributed by atoms with E-state index in [1.165, 1.54) is 44.2 Å². The van der Waals surface area contributed by atoms with E-state index in [1.807, 2.05) is 0 Å². The molecule has 2 atom stereocenters. The summed E-state index contributed by atoms with van der Waals surface area (Å²) in [6.45, 7) is 2.21. The molecule has 0 aliphatic heterocycles. The summed E-state index contributed by atoms with van der Waals surface area (Å²) in [5, 5.41) is 5.11. The Bertz CT molecular complexity index is 981. The number of carbonyl (C=O) groups excluding carboxylic acids is 3. The molecule has 2 aromatic rings. The first-order valence-corrected chi connectivity index (χ1v) is 10.5. The molecule has 6 nitrogen and oxygen atoms in total. The molecule has 1 unspecified atom stereocenters. The van der Waals surface area contributed by atoms with E-state index in [-0.39, 0.29) is 15.8 Å². The van der Waals surface area contributed by atoms with Gasteiger partial charge in [0.2, 0.25) is 5.91 Å². The number of benzene rings is 2. The lowest BCUT2D eigenvalue weighted by Gasteiger charge is -2.26. The van der Waals surface area contributed by atoms with Crippen molar-refractivity contribution in [3.8, 4) is 5.75 Å². The predicted octanol–water partition coefficient (Wildman–Crippen LogP) is 4.50. The van der Waals surface area contributed by atoms with Crippen molar-refractivity contribution >= 4 is 40.8 Å². The number of nitrogens with one attached hydrogen (secondary N) is 2. The number of ether oxygens (including phenoxy) is 1. The van der Waals surface area contributed by atoms with Crippen LogP contribution in [0, 0.1) is 5.92 Å². The Balaban J connectivity index is 2.18. The molecule has 0 spiro atoms. The lowest BCUT2D eigenvalue weighted by atomic mass is 9.98. The van der Waals surface area contributed by atoms with Crippen molar-refractivity contribution in [2.75, 3.05) is 6.61 Å². The first-order chi connectivity index (χ1) is 15.4. The van der Waals surface area contributed by atoms with Crippen LogP contribution < -0.4 is 15.4 Å². The first-order valence-electron chi connectivity index (χ1n) is 9.73. The number of halogens is 5. The third kappa shape index (κ3) is 7.94. The molecule has 0 saturated heterocycles. The molecule has 2 N–H and O–H groups in total. The molecule has 0 bridgehead atoms. The molecule has 2 aromatic carbocycles. The van der Waals surface area contributed by atoms with Crippen LogP contribution in [0.2, 0.25) is 10.0 Å². The Kier molecular flexibility index (Phi) is 9.13. The number of alkyl halides is 3. The minimum atomic E-state index is -5.13. The second-order valence-electron chi connectivity index (χ2n) is 7.40. The quantitative estimate of drug-likeness (QED) is 0.526. The van der Waals surface area contributed by atoms with Crippen LogP contribution in [0.5, 0.6) is 5.75 Å². The van der Waals surface area contributed by atoms with Crippen molar-refractivity contribution in [3.63, 3.8) is 0 Å². The molecular formula is C22H21Cl2F3N2O4. The van der Waals surface area contributed by atoms with Crippen molar-refractivity contribution in [2.45, 2.75) is 32.1 Å². The van der Waals surface area contributed by atoms with E-state index in [2.05, 4.69) is 10.6 Å². The third-order valence-electron chi connectivity index (χ3n) is 4.43. The van der Waals surface area contributed by atoms with Crippen LogP contribution >= 0.6 is 23.2 Å². The number of rotatable bonds is 9. The molecule has 0 aliphatic rings. The summed E-state index contributed by atoms with van der Waals surface area (Å²) in [5.41, 5.74) is 0.302. The Morgan fingerprint density at radius 1 is 0.970 bits per heavy atom. The maximum absolute atomic E-state index is 13.0. The summed E-state index contributed by atoms with van der Waals surface area (Å²) in [5.74, 6) is -4.43. The maximum atomic E-state index is 13.0. The van der Waals surface area contributed by atoms with Crippen LogP contribution in [0.4, 0.5) is 13.2 Å². The molecule has 2 rings (SSSR count). The number of ketones is 1. The van der Waals surface area contributed by atoms with Gasteiger partial charge in [0, 0.05) is 10.0 Å². The largest absolute Gasteiger partial charge is 0.484 e. The Hall–Kier alpha value is -2.78. The SMILES string of the molecule is CC(C)[C@H](NC(=O)C(NC(=O)COc1cc(Cl)cc(Cl)c1)c1ccccc1)C(=O)C(F)(F)F. The van der Waals surface area contributed by atoms with Crippen LogP contribution in [0.15, 0.2) is 48.5 Å². The second kappa shape index (κ2) is 11.4. The minimum Gasteiger partial charge on any atom is -0.484 e. The van der Waals surface area contributed by atoms with Gasteiger partial charge in [0.1, 0.15) is 11.8 Å². The number of hydrogen-bond donors (Lipinski definition) is 2. The second-order valence-corrected chi connectivity index (χ2v) is 8.27. The highest BCUT2D eigenvalue weighted by Crippen LogP contribution is 2.25. The topological polar surface area (TPSA) is 84.5 Å². The van der Waals surface area contributed by atoms with Gasteiger partial charge in [-0.2, -0.15) is 13.2 Å². The van der Waals surface area contributed by atoms with E-state index in [0.29, 0.717) is 5.56 Å². The van der Waals surface area contributed by atoms with Gasteiger partial charge in [-0.1, -0.05) is 67.4 Å². The third-order valence-corrected chi connectivity index (χ3v) is 4.87. The van der Waals surface area contributed by atoms with E-state index in [0.717, 1.165) is 0 Å². The minimum absolute atomic E-state index is 0.207. The van der Waals surface area contributed by atoms with E-state index < -0.39 is 48.4 Å². The van der Waals surface area contributed by atoms with Crippen LogP contribution in [0.3, 0.4) is 0 Å². The van der Waals surface area contributed by atoms with E-state index >= 15 is 0 Å². The van der Waals surface area contributed by atoms with Crippen molar-refractivity contribution in [1.82, 2.24) is 10.6 Å². The Labute approximate surface area is 198 Å². The molecule has 0 aromatic heterocycles. The normalized spacial score (nSPS) is 13.2. The van der Waals surface area contributed by atoms with Crippen molar-refractivity contribution in [1.29, 1.82) is 0 Å². The number of amides is 2. The molecular weight excluding hydrogens is 484 g/mol. The van der Waals surface area contributed by atoms with Crippen LogP contribution in [-0.4, -0.2) is 36.4 Å². The summed E-state index contributed by atoms with van der Waals surface area (Å²) in [4.78, 5) is 37.1. The van der Waals surface area contributed by atoms with Gasteiger partial charge in [-0.05, 0) is 29.7 Å². The average molecular weight is 505 g/mol. The average Bonchev–Trinajstić information content (AvgIpc) is 2.72. The van der Waals surface area contributed by atoms with Gasteiger partial charge in [-0.15, -0.1) is 0 Å². The van der Waals surface area contributed by atoms with Crippen LogP contribution in [-0.2, 0) is 14.4 Å². The number of hydrogen-bond acceptors (Lipinski definition) is 4. The van der Waals surface area contributed by atoms with Crippen LogP contribution in [0.1, 0.15) is 25.5 Å². The maximum Gasteiger partial charge on any atom is 0.452 e. The van der Waals surface area contributed by atoms with E-state index in [4.69, 9.17) is 27.9 Å². The Morgan fingerprint density at radius 2 is 1.55 bits per heavy atom. The van der Waals surface area contributed by atoms with Gasteiger partial charge in [0.05, 0.1) is 6.04 Å². The molecule has 33 heavy (non-hydrogen) atoms. The van der Waals surface area contributed by atoms with Gasteiger partial charge in [-0.3, -0.25) is 14.4 Å². The van der Waals surface area contributed by atoms with Crippen LogP contribution in [0.25, 0.3) is 0 Å². The highest BCUT2D eigenvalue weighted by atomic mass is 35.5. The number of carbonyl (C=O) groups is 3. The summed E-state index contributed by atoms with van der Waals surface area (Å²) < 4.78 is 44.2. The van der Waals surface area contributed by atoms with Crippen molar-refractivity contribution < 1.29 is 32.3 Å². The predicted molar refractivity (Wildman–Crippen MR) is 117 cm³/mol. The lowest BCUT2D eigenvalue weighted by Crippen LogP contribution is -2.53. The molecule has 0 saturated carbocycles. The number of Topliss-reactive ketones (excluding diaryl/α,β-unsaturated/α-hetero) is 1. The summed E-state index contributed by atoms with van der Waals surface area (Å²) in [6, 6.07) is 9.01. The molecule has 0 heterocycles. The molecule has 0 radical (unpaired) electrons. The summed E-state index contributed by atoms with van der Waals surface area (Å²) in [7, 11) is 0. The smallest absolute Gasteiger partial charge is 0.452 e. The molecule has 2 amide bonds. The summed E-state index contributed by atoms with van der Waals surface area (Å²) in [6.07, 6.45) is -5.13. The van der Waals surface area contributed by atoms with E-state index in [1.54, 1.807) is 18.2 Å². The van der Waals surface area contributed by atoms with Crippen molar-refractivity contribution in [3.05, 3.63) is 64.1 Å². The van der Waals surface area contributed by atoms with Gasteiger partial charge in [0.25, 0.3) is 11.7 Å². The van der Waals surface area contributed by atoms with Gasteiger partial charge in [0.15, 0.2) is 6.61 Å². The molecule has 11 heteroatoms. The van der Waals surface area contributed by atoms with Crippen molar-refractivity contribution in [2.24, 2.45) is 5.92 Å². The highest BCUT2D eigenvalue weighted by Gasteiger charge is 2.45. The van der Waals surface area contributed by atoms with Gasteiger partial charge < -0.3 is 15.4 Å². The Morgan fingerprint density at radius 3 is 2.06 bits per heavy atom. The lowest BCUT2D eigenvalue weighted by molar-refractivity contribution is -0.175. The summed E-state index contributed by atoms with van der Waals surface area (Å²) >= 11 is 11.8. The zero-order valence-electron chi connectivity index (χ0n) is 17.6. The fourth-order valence-electron chi connectivity index (χ4n) is 2.86. The fourth-order valence-corrected chi connectivity index (χ4v) is 3.36. The monoisotopic (exact) mass is 504 g/mol. The molecule has 0 aliphatic carbocycles. The first kappa shape index (κ1) is 26.5. The molecule has 178 valence electrons. The zero-order valence-corrected chi connectivity index (χ0v) is 19.1. The van der Waals surface area contributed by atoms with E-state index in [9.17, 15) is 27.6 Å².